The summed E-state index contributed by atoms with van der Waals surface area (Å²) in [4.78, 5) is 0. The van der Waals surface area contributed by atoms with Gasteiger partial charge < -0.3 is 11.1 Å². The Labute approximate surface area is 96.0 Å². The molecule has 2 unspecified atom stereocenters. The molecule has 88 valence electrons. The van der Waals surface area contributed by atoms with Crippen LogP contribution in [-0.2, 0) is 0 Å². The molecule has 1 aliphatic rings. The predicted molar refractivity (Wildman–Crippen MR) is 64.8 cm³/mol. The molecule has 0 radical (unpaired) electrons. The van der Waals surface area contributed by atoms with Crippen LogP contribution in [0.15, 0.2) is 18.2 Å². The number of nitrogens with one attached hydrogen (secondary N) is 1. The van der Waals surface area contributed by atoms with Crippen LogP contribution in [0, 0.1) is 5.82 Å². The van der Waals surface area contributed by atoms with Crippen molar-refractivity contribution in [3.63, 3.8) is 0 Å². The molecule has 0 saturated carbocycles. The maximum absolute atomic E-state index is 13.8. The number of piperidine rings is 1. The third-order valence-corrected chi connectivity index (χ3v) is 3.31. The molecule has 2 rings (SSSR count). The molecule has 1 aromatic rings. The number of hydrogen-bond donors (Lipinski definition) is 2. The lowest BCUT2D eigenvalue weighted by Gasteiger charge is -2.33. The summed E-state index contributed by atoms with van der Waals surface area (Å²) in [5.41, 5.74) is 6.87. The first kappa shape index (κ1) is 11.4. The molecule has 0 aliphatic carbocycles. The van der Waals surface area contributed by atoms with E-state index < -0.39 is 0 Å². The van der Waals surface area contributed by atoms with E-state index in [9.17, 15) is 4.39 Å². The first-order chi connectivity index (χ1) is 7.56. The summed E-state index contributed by atoms with van der Waals surface area (Å²) < 4.78 is 13.8. The Morgan fingerprint density at radius 1 is 1.25 bits per heavy atom. The van der Waals surface area contributed by atoms with Gasteiger partial charge in [-0.3, -0.25) is 0 Å². The molecular formula is C13H19FN2. The Hall–Kier alpha value is -1.09. The Morgan fingerprint density at radius 3 is 2.44 bits per heavy atom. The van der Waals surface area contributed by atoms with Gasteiger partial charge in [-0.25, -0.2) is 4.39 Å². The lowest BCUT2D eigenvalue weighted by atomic mass is 9.83. The van der Waals surface area contributed by atoms with Crippen molar-refractivity contribution in [2.45, 2.75) is 44.7 Å². The van der Waals surface area contributed by atoms with Gasteiger partial charge in [0.25, 0.3) is 0 Å². The third kappa shape index (κ3) is 2.35. The summed E-state index contributed by atoms with van der Waals surface area (Å²) in [7, 11) is 0. The maximum Gasteiger partial charge on any atom is 0.128 e. The van der Waals surface area contributed by atoms with E-state index in [0.717, 1.165) is 18.4 Å². The standard InChI is InChI=1S/C13H19FN2/c1-8-5-10(6-9(2)16-8)12-4-3-11(15)7-13(12)14/h3-4,7-10,16H,5-6,15H2,1-2H3. The van der Waals surface area contributed by atoms with Crippen LogP contribution in [0.1, 0.15) is 38.2 Å². The molecule has 1 aromatic carbocycles. The Kier molecular flexibility index (Phi) is 3.15. The minimum atomic E-state index is -0.161. The Balaban J connectivity index is 2.23. The summed E-state index contributed by atoms with van der Waals surface area (Å²) in [6.07, 6.45) is 1.98. The number of nitrogen functional groups attached to an aromatic ring is 1. The van der Waals surface area contributed by atoms with E-state index in [-0.39, 0.29) is 5.82 Å². The fourth-order valence-corrected chi connectivity index (χ4v) is 2.70. The summed E-state index contributed by atoms with van der Waals surface area (Å²) in [6.45, 7) is 4.30. The molecule has 1 aliphatic heterocycles. The molecular weight excluding hydrogens is 203 g/mol. The van der Waals surface area contributed by atoms with Gasteiger partial charge in [-0.2, -0.15) is 0 Å². The van der Waals surface area contributed by atoms with E-state index in [1.54, 1.807) is 6.07 Å². The molecule has 0 spiro atoms. The highest BCUT2D eigenvalue weighted by Crippen LogP contribution is 2.32. The molecule has 2 nitrogen and oxygen atoms in total. The van der Waals surface area contributed by atoms with Gasteiger partial charge in [0.15, 0.2) is 0 Å². The number of benzene rings is 1. The molecule has 16 heavy (non-hydrogen) atoms. The van der Waals surface area contributed by atoms with Gasteiger partial charge in [0.2, 0.25) is 0 Å². The first-order valence-electron chi connectivity index (χ1n) is 5.87. The highest BCUT2D eigenvalue weighted by molar-refractivity contribution is 5.41. The highest BCUT2D eigenvalue weighted by Gasteiger charge is 2.26. The fraction of sp³-hybridized carbons (Fsp3) is 0.538. The van der Waals surface area contributed by atoms with Crippen molar-refractivity contribution in [1.29, 1.82) is 0 Å². The summed E-state index contributed by atoms with van der Waals surface area (Å²) in [5.74, 6) is 0.151. The third-order valence-electron chi connectivity index (χ3n) is 3.31. The molecule has 0 aromatic heterocycles. The smallest absolute Gasteiger partial charge is 0.128 e. The maximum atomic E-state index is 13.8. The van der Waals surface area contributed by atoms with Crippen molar-refractivity contribution in [2.75, 3.05) is 5.73 Å². The molecule has 0 bridgehead atoms. The van der Waals surface area contributed by atoms with E-state index in [1.807, 2.05) is 6.07 Å². The quantitative estimate of drug-likeness (QED) is 0.717. The van der Waals surface area contributed by atoms with Crippen LogP contribution in [0.3, 0.4) is 0 Å². The SMILES string of the molecule is CC1CC(c2ccc(N)cc2F)CC(C)N1. The second-order valence-corrected chi connectivity index (χ2v) is 4.92. The van der Waals surface area contributed by atoms with E-state index in [0.29, 0.717) is 23.7 Å². The van der Waals surface area contributed by atoms with Crippen LogP contribution >= 0.6 is 0 Å². The van der Waals surface area contributed by atoms with E-state index in [2.05, 4.69) is 19.2 Å². The van der Waals surface area contributed by atoms with E-state index >= 15 is 0 Å². The second kappa shape index (κ2) is 4.42. The Morgan fingerprint density at radius 2 is 1.88 bits per heavy atom. The highest BCUT2D eigenvalue weighted by atomic mass is 19.1. The lowest BCUT2D eigenvalue weighted by molar-refractivity contribution is 0.312. The molecule has 1 saturated heterocycles. The monoisotopic (exact) mass is 222 g/mol. The van der Waals surface area contributed by atoms with Gasteiger partial charge in [0, 0.05) is 17.8 Å². The van der Waals surface area contributed by atoms with Crippen molar-refractivity contribution in [1.82, 2.24) is 5.32 Å². The lowest BCUT2D eigenvalue weighted by Crippen LogP contribution is -2.41. The Bertz CT molecular complexity index is 368. The average molecular weight is 222 g/mol. The van der Waals surface area contributed by atoms with Crippen molar-refractivity contribution in [2.24, 2.45) is 0 Å². The van der Waals surface area contributed by atoms with Crippen LogP contribution < -0.4 is 11.1 Å². The zero-order valence-electron chi connectivity index (χ0n) is 9.83. The molecule has 1 fully saturated rings. The number of hydrogen-bond acceptors (Lipinski definition) is 2. The minimum Gasteiger partial charge on any atom is -0.399 e. The zero-order valence-corrected chi connectivity index (χ0v) is 9.83. The number of anilines is 1. The predicted octanol–water partition coefficient (Wildman–Crippen LogP) is 2.65. The zero-order chi connectivity index (χ0) is 11.7. The van der Waals surface area contributed by atoms with Crippen LogP contribution in [0.5, 0.6) is 0 Å². The van der Waals surface area contributed by atoms with Gasteiger partial charge >= 0.3 is 0 Å². The molecule has 2 atom stereocenters. The average Bonchev–Trinajstić information content (AvgIpc) is 2.15. The van der Waals surface area contributed by atoms with Crippen molar-refractivity contribution >= 4 is 5.69 Å². The number of rotatable bonds is 1. The van der Waals surface area contributed by atoms with Gasteiger partial charge in [-0.05, 0) is 50.3 Å². The molecule has 3 heteroatoms. The minimum absolute atomic E-state index is 0.161. The summed E-state index contributed by atoms with van der Waals surface area (Å²) >= 11 is 0. The topological polar surface area (TPSA) is 38.0 Å². The van der Waals surface area contributed by atoms with Gasteiger partial charge in [-0.15, -0.1) is 0 Å². The first-order valence-corrected chi connectivity index (χ1v) is 5.87. The second-order valence-electron chi connectivity index (χ2n) is 4.92. The largest absolute Gasteiger partial charge is 0.399 e. The van der Waals surface area contributed by atoms with Crippen LogP contribution in [0.25, 0.3) is 0 Å². The molecule has 1 heterocycles. The van der Waals surface area contributed by atoms with Crippen molar-refractivity contribution in [3.8, 4) is 0 Å². The van der Waals surface area contributed by atoms with Crippen LogP contribution in [-0.4, -0.2) is 12.1 Å². The molecule has 3 N–H and O–H groups in total. The molecule has 0 amide bonds. The van der Waals surface area contributed by atoms with E-state index in [4.69, 9.17) is 5.73 Å². The van der Waals surface area contributed by atoms with Crippen molar-refractivity contribution in [3.05, 3.63) is 29.6 Å². The summed E-state index contributed by atoms with van der Waals surface area (Å²) in [6, 6.07) is 5.94. The normalized spacial score (nSPS) is 30.3. The van der Waals surface area contributed by atoms with Crippen LogP contribution in [0.4, 0.5) is 10.1 Å². The summed E-state index contributed by atoms with van der Waals surface area (Å²) in [5, 5.41) is 3.46. The van der Waals surface area contributed by atoms with E-state index in [1.165, 1.54) is 6.07 Å². The van der Waals surface area contributed by atoms with Gasteiger partial charge in [0.05, 0.1) is 0 Å². The van der Waals surface area contributed by atoms with Crippen molar-refractivity contribution < 1.29 is 4.39 Å². The fourth-order valence-electron chi connectivity index (χ4n) is 2.70. The van der Waals surface area contributed by atoms with Gasteiger partial charge in [0.1, 0.15) is 5.82 Å². The number of halogens is 1. The van der Waals surface area contributed by atoms with Gasteiger partial charge in [-0.1, -0.05) is 6.07 Å². The number of nitrogens with two attached hydrogens (primary N) is 1. The van der Waals surface area contributed by atoms with Crippen LogP contribution in [0.2, 0.25) is 0 Å².